The van der Waals surface area contributed by atoms with Crippen LogP contribution >= 0.6 is 0 Å². The fraction of sp³-hybridized carbons (Fsp3) is 0.818. The maximum Gasteiger partial charge on any atom is 0.251 e. The highest BCUT2D eigenvalue weighted by Crippen LogP contribution is 2.06. The van der Waals surface area contributed by atoms with Gasteiger partial charge in [0.25, 0.3) is 5.91 Å². The summed E-state index contributed by atoms with van der Waals surface area (Å²) < 4.78 is 0. The standard InChI is InChI=1S/C11H23N3O7/c12-1-2-13-3-4-14-11(21)10(20)9(19)8(18)7(17)6(16)5-15/h7-10,13,15,17-20H,1-5,12H2,(H,14,21)/t7-,8-,9+,10-/m1/s1. The molecule has 9 N–H and O–H groups in total. The van der Waals surface area contributed by atoms with E-state index in [0.29, 0.717) is 19.6 Å². The number of amides is 1. The highest BCUT2D eigenvalue weighted by atomic mass is 16.4. The van der Waals surface area contributed by atoms with Gasteiger partial charge in [-0.2, -0.15) is 0 Å². The van der Waals surface area contributed by atoms with Crippen molar-refractivity contribution in [2.75, 3.05) is 32.8 Å². The molecule has 1 amide bonds. The van der Waals surface area contributed by atoms with Crippen LogP contribution in [0.5, 0.6) is 0 Å². The van der Waals surface area contributed by atoms with E-state index in [1.807, 2.05) is 0 Å². The van der Waals surface area contributed by atoms with Gasteiger partial charge < -0.3 is 41.9 Å². The minimum absolute atomic E-state index is 0.150. The summed E-state index contributed by atoms with van der Waals surface area (Å²) >= 11 is 0. The van der Waals surface area contributed by atoms with E-state index >= 15 is 0 Å². The summed E-state index contributed by atoms with van der Waals surface area (Å²) in [7, 11) is 0. The zero-order valence-electron chi connectivity index (χ0n) is 11.5. The Bertz CT molecular complexity index is 329. The van der Waals surface area contributed by atoms with Gasteiger partial charge in [0, 0.05) is 26.2 Å². The lowest BCUT2D eigenvalue weighted by atomic mass is 10.00. The molecule has 0 aliphatic heterocycles. The molecule has 0 fully saturated rings. The fourth-order valence-electron chi connectivity index (χ4n) is 1.42. The van der Waals surface area contributed by atoms with E-state index in [4.69, 9.17) is 10.8 Å². The van der Waals surface area contributed by atoms with Gasteiger partial charge in [-0.05, 0) is 0 Å². The van der Waals surface area contributed by atoms with E-state index in [-0.39, 0.29) is 6.54 Å². The van der Waals surface area contributed by atoms with Crippen LogP contribution < -0.4 is 16.4 Å². The number of nitrogens with one attached hydrogen (secondary N) is 2. The third-order valence-corrected chi connectivity index (χ3v) is 2.67. The highest BCUT2D eigenvalue weighted by molar-refractivity contribution is 5.85. The van der Waals surface area contributed by atoms with Crippen LogP contribution in [0.2, 0.25) is 0 Å². The molecule has 0 bridgehead atoms. The zero-order chi connectivity index (χ0) is 16.4. The molecule has 0 saturated heterocycles. The number of carbonyl (C=O) groups is 2. The molecule has 0 aliphatic carbocycles. The summed E-state index contributed by atoms with van der Waals surface area (Å²) in [5.41, 5.74) is 5.24. The number of nitrogens with two attached hydrogens (primary N) is 1. The lowest BCUT2D eigenvalue weighted by molar-refractivity contribution is -0.155. The van der Waals surface area contributed by atoms with Gasteiger partial charge in [-0.3, -0.25) is 9.59 Å². The highest BCUT2D eigenvalue weighted by Gasteiger charge is 2.36. The summed E-state index contributed by atoms with van der Waals surface area (Å²) in [6, 6.07) is 0. The molecule has 0 aliphatic rings. The minimum Gasteiger partial charge on any atom is -0.388 e. The first-order chi connectivity index (χ1) is 9.86. The number of carbonyl (C=O) groups excluding carboxylic acids is 2. The van der Waals surface area contributed by atoms with Crippen molar-refractivity contribution in [3.8, 4) is 0 Å². The second kappa shape index (κ2) is 10.6. The lowest BCUT2D eigenvalue weighted by Crippen LogP contribution is -2.53. The summed E-state index contributed by atoms with van der Waals surface area (Å²) in [5.74, 6) is -2.11. The SMILES string of the molecule is NCCNCCNC(=O)[C@H](O)[C@@H](O)[C@H](O)[C@H](O)C(=O)CO. The average molecular weight is 309 g/mol. The quantitative estimate of drug-likeness (QED) is 0.172. The molecule has 0 saturated carbocycles. The largest absolute Gasteiger partial charge is 0.388 e. The molecule has 0 rings (SSSR count). The van der Waals surface area contributed by atoms with Crippen LogP contribution in [0, 0.1) is 0 Å². The predicted molar refractivity (Wildman–Crippen MR) is 71.1 cm³/mol. The van der Waals surface area contributed by atoms with Gasteiger partial charge in [-0.1, -0.05) is 0 Å². The Balaban J connectivity index is 4.25. The Hall–Kier alpha value is -1.14. The molecule has 0 radical (unpaired) electrons. The predicted octanol–water partition coefficient (Wildman–Crippen LogP) is -5.34. The average Bonchev–Trinajstić information content (AvgIpc) is 2.50. The zero-order valence-corrected chi connectivity index (χ0v) is 11.5. The maximum absolute atomic E-state index is 11.5. The van der Waals surface area contributed by atoms with Gasteiger partial charge in [0.15, 0.2) is 11.9 Å². The molecule has 0 heterocycles. The van der Waals surface area contributed by atoms with Crippen molar-refractivity contribution < 1.29 is 35.1 Å². The molecule has 4 atom stereocenters. The molecule has 124 valence electrons. The first kappa shape index (κ1) is 19.9. The first-order valence-electron chi connectivity index (χ1n) is 6.41. The second-order valence-electron chi connectivity index (χ2n) is 4.32. The third kappa shape index (κ3) is 6.91. The van der Waals surface area contributed by atoms with Crippen LogP contribution in [0.3, 0.4) is 0 Å². The normalized spacial score (nSPS) is 16.9. The van der Waals surface area contributed by atoms with Gasteiger partial charge >= 0.3 is 0 Å². The molecule has 10 nitrogen and oxygen atoms in total. The van der Waals surface area contributed by atoms with Crippen LogP contribution in [0.25, 0.3) is 0 Å². The topological polar surface area (TPSA) is 185 Å². The molecule has 21 heavy (non-hydrogen) atoms. The van der Waals surface area contributed by atoms with Gasteiger partial charge in [-0.25, -0.2) is 0 Å². The first-order valence-corrected chi connectivity index (χ1v) is 6.41. The van der Waals surface area contributed by atoms with E-state index in [2.05, 4.69) is 10.6 Å². The van der Waals surface area contributed by atoms with Crippen LogP contribution in [0.15, 0.2) is 0 Å². The number of hydrogen-bond donors (Lipinski definition) is 8. The third-order valence-electron chi connectivity index (χ3n) is 2.67. The van der Waals surface area contributed by atoms with Crippen molar-refractivity contribution in [1.29, 1.82) is 0 Å². The number of aliphatic hydroxyl groups is 5. The molecule has 0 aromatic carbocycles. The number of aliphatic hydroxyl groups excluding tert-OH is 5. The van der Waals surface area contributed by atoms with E-state index in [0.717, 1.165) is 0 Å². The smallest absolute Gasteiger partial charge is 0.251 e. The number of ketones is 1. The van der Waals surface area contributed by atoms with E-state index in [1.54, 1.807) is 0 Å². The Kier molecular flexibility index (Phi) is 9.99. The van der Waals surface area contributed by atoms with E-state index < -0.39 is 42.7 Å². The fourth-order valence-corrected chi connectivity index (χ4v) is 1.42. The maximum atomic E-state index is 11.5. The van der Waals surface area contributed by atoms with Crippen LogP contribution in [-0.2, 0) is 9.59 Å². The van der Waals surface area contributed by atoms with Crippen molar-refractivity contribution in [2.45, 2.75) is 24.4 Å². The summed E-state index contributed by atoms with van der Waals surface area (Å²) in [4.78, 5) is 22.4. The van der Waals surface area contributed by atoms with Gasteiger partial charge in [0.2, 0.25) is 0 Å². The summed E-state index contributed by atoms with van der Waals surface area (Å²) in [6.07, 6.45) is -8.30. The molecule has 10 heteroatoms. The van der Waals surface area contributed by atoms with Gasteiger partial charge in [-0.15, -0.1) is 0 Å². The van der Waals surface area contributed by atoms with Crippen LogP contribution in [0.4, 0.5) is 0 Å². The van der Waals surface area contributed by atoms with Gasteiger partial charge in [0.1, 0.15) is 24.9 Å². The molecule has 0 aromatic heterocycles. The number of rotatable bonds is 11. The Morgan fingerprint density at radius 3 is 2.05 bits per heavy atom. The van der Waals surface area contributed by atoms with Crippen molar-refractivity contribution in [3.05, 3.63) is 0 Å². The molecule has 0 spiro atoms. The minimum atomic E-state index is -2.10. The second-order valence-corrected chi connectivity index (χ2v) is 4.32. The summed E-state index contributed by atoms with van der Waals surface area (Å²) in [6.45, 7) is 0.476. The van der Waals surface area contributed by atoms with Crippen molar-refractivity contribution >= 4 is 11.7 Å². The molecular formula is C11H23N3O7. The molecular weight excluding hydrogens is 286 g/mol. The van der Waals surface area contributed by atoms with Gasteiger partial charge in [0.05, 0.1) is 0 Å². The van der Waals surface area contributed by atoms with Crippen LogP contribution in [0.1, 0.15) is 0 Å². The Morgan fingerprint density at radius 1 is 0.952 bits per heavy atom. The Morgan fingerprint density at radius 2 is 1.52 bits per heavy atom. The van der Waals surface area contributed by atoms with Crippen molar-refractivity contribution in [3.63, 3.8) is 0 Å². The number of hydrogen-bond acceptors (Lipinski definition) is 9. The van der Waals surface area contributed by atoms with E-state index in [1.165, 1.54) is 0 Å². The number of Topliss-reactive ketones (excluding diaryl/α,β-unsaturated/α-hetero) is 1. The van der Waals surface area contributed by atoms with Crippen molar-refractivity contribution in [2.24, 2.45) is 5.73 Å². The molecule has 0 unspecified atom stereocenters. The van der Waals surface area contributed by atoms with Crippen LogP contribution in [-0.4, -0.2) is 94.4 Å². The monoisotopic (exact) mass is 309 g/mol. The van der Waals surface area contributed by atoms with E-state index in [9.17, 15) is 30.0 Å². The summed E-state index contributed by atoms with van der Waals surface area (Å²) in [5, 5.41) is 51.4. The Labute approximate surface area is 121 Å². The van der Waals surface area contributed by atoms with Crippen molar-refractivity contribution in [1.82, 2.24) is 10.6 Å². The lowest BCUT2D eigenvalue weighted by Gasteiger charge is -2.25. The molecule has 0 aromatic rings.